The summed E-state index contributed by atoms with van der Waals surface area (Å²) in [6, 6.07) is 10.7. The molecular formula is C19H28N2O2S. The Labute approximate surface area is 149 Å². The van der Waals surface area contributed by atoms with Gasteiger partial charge in [0.05, 0.1) is 0 Å². The normalized spacial score (nSPS) is 23.2. The molecule has 2 aliphatic rings. The van der Waals surface area contributed by atoms with Gasteiger partial charge >= 0.3 is 6.03 Å². The number of nitrogens with one attached hydrogen (secondary N) is 1. The van der Waals surface area contributed by atoms with Crippen LogP contribution in [0.4, 0.5) is 4.79 Å². The first kappa shape index (κ1) is 17.6. The highest BCUT2D eigenvalue weighted by Gasteiger charge is 2.33. The van der Waals surface area contributed by atoms with E-state index in [2.05, 4.69) is 41.9 Å². The Hall–Kier alpha value is -1.20. The molecule has 1 N–H and O–H groups in total. The van der Waals surface area contributed by atoms with E-state index in [9.17, 15) is 4.79 Å². The van der Waals surface area contributed by atoms with Crippen LogP contribution in [0.25, 0.3) is 0 Å². The maximum Gasteiger partial charge on any atom is 0.317 e. The summed E-state index contributed by atoms with van der Waals surface area (Å²) in [7, 11) is 0. The summed E-state index contributed by atoms with van der Waals surface area (Å²) < 4.78 is 5.62. The quantitative estimate of drug-likeness (QED) is 0.889. The minimum atomic E-state index is 0.102. The summed E-state index contributed by atoms with van der Waals surface area (Å²) >= 11 is 1.87. The van der Waals surface area contributed by atoms with Gasteiger partial charge in [0.2, 0.25) is 0 Å². The molecule has 0 saturated carbocycles. The van der Waals surface area contributed by atoms with Gasteiger partial charge in [-0.3, -0.25) is 0 Å². The first-order chi connectivity index (χ1) is 11.7. The van der Waals surface area contributed by atoms with E-state index in [0.717, 1.165) is 58.5 Å². The van der Waals surface area contributed by atoms with Gasteiger partial charge < -0.3 is 15.0 Å². The van der Waals surface area contributed by atoms with E-state index < -0.39 is 0 Å². The number of thioether (sulfide) groups is 1. The van der Waals surface area contributed by atoms with Crippen molar-refractivity contribution in [2.24, 2.45) is 5.92 Å². The molecule has 1 atom stereocenters. The van der Waals surface area contributed by atoms with Crippen molar-refractivity contribution < 1.29 is 9.53 Å². The predicted octanol–water partition coefficient (Wildman–Crippen LogP) is 3.17. The standard InChI is InChI=1S/C19H28N2O2S/c1-24-19(8-11-23-12-9-19)15-20-18(22)21-10-7-17(14-21)13-16-5-3-2-4-6-16/h2-6,17H,7-15H2,1H3,(H,20,22)/t17-/m1/s1. The third-order valence-electron chi connectivity index (χ3n) is 5.34. The van der Waals surface area contributed by atoms with E-state index >= 15 is 0 Å². The van der Waals surface area contributed by atoms with Gasteiger partial charge in [-0.2, -0.15) is 11.8 Å². The van der Waals surface area contributed by atoms with Crippen molar-refractivity contribution in [2.45, 2.75) is 30.4 Å². The molecule has 5 heteroatoms. The van der Waals surface area contributed by atoms with Gasteiger partial charge in [0.25, 0.3) is 0 Å². The number of likely N-dealkylation sites (tertiary alicyclic amines) is 1. The van der Waals surface area contributed by atoms with Crippen LogP contribution < -0.4 is 5.32 Å². The van der Waals surface area contributed by atoms with Gasteiger partial charge in [-0.25, -0.2) is 4.79 Å². The summed E-state index contributed by atoms with van der Waals surface area (Å²) in [6.45, 7) is 4.10. The Balaban J connectivity index is 1.46. The highest BCUT2D eigenvalue weighted by atomic mass is 32.2. The van der Waals surface area contributed by atoms with Gasteiger partial charge in [-0.1, -0.05) is 30.3 Å². The van der Waals surface area contributed by atoms with Crippen LogP contribution in [0.3, 0.4) is 0 Å². The van der Waals surface area contributed by atoms with E-state index in [-0.39, 0.29) is 10.8 Å². The summed E-state index contributed by atoms with van der Waals surface area (Å²) in [4.78, 5) is 14.5. The highest BCUT2D eigenvalue weighted by Crippen LogP contribution is 2.33. The Bertz CT molecular complexity index is 531. The number of hydrogen-bond donors (Lipinski definition) is 1. The number of ether oxygens (including phenoxy) is 1. The largest absolute Gasteiger partial charge is 0.381 e. The van der Waals surface area contributed by atoms with Crippen LogP contribution in [0, 0.1) is 5.92 Å². The number of hydrogen-bond acceptors (Lipinski definition) is 3. The molecule has 4 nitrogen and oxygen atoms in total. The van der Waals surface area contributed by atoms with Crippen LogP contribution in [0.2, 0.25) is 0 Å². The van der Waals surface area contributed by atoms with Crippen molar-refractivity contribution in [1.82, 2.24) is 10.2 Å². The van der Waals surface area contributed by atoms with Crippen molar-refractivity contribution in [3.63, 3.8) is 0 Å². The van der Waals surface area contributed by atoms with Crippen LogP contribution in [0.5, 0.6) is 0 Å². The number of nitrogens with zero attached hydrogens (tertiary/aromatic N) is 1. The van der Waals surface area contributed by atoms with E-state index in [1.54, 1.807) is 0 Å². The maximum atomic E-state index is 12.5. The van der Waals surface area contributed by atoms with Gasteiger partial charge in [0, 0.05) is 37.6 Å². The molecule has 0 unspecified atom stereocenters. The number of carbonyl (C=O) groups is 1. The van der Waals surface area contributed by atoms with Crippen molar-refractivity contribution in [3.05, 3.63) is 35.9 Å². The van der Waals surface area contributed by atoms with Crippen LogP contribution in [-0.4, -0.2) is 54.8 Å². The minimum Gasteiger partial charge on any atom is -0.381 e. The van der Waals surface area contributed by atoms with Crippen LogP contribution in [0.15, 0.2) is 30.3 Å². The molecule has 3 rings (SSSR count). The van der Waals surface area contributed by atoms with Crippen molar-refractivity contribution in [1.29, 1.82) is 0 Å². The number of rotatable bonds is 5. The van der Waals surface area contributed by atoms with Gasteiger partial charge in [0.15, 0.2) is 0 Å². The molecule has 0 bridgehead atoms. The van der Waals surface area contributed by atoms with Gasteiger partial charge in [-0.15, -0.1) is 0 Å². The molecule has 1 aromatic rings. The molecule has 2 amide bonds. The number of carbonyl (C=O) groups excluding carboxylic acids is 1. The number of amides is 2. The monoisotopic (exact) mass is 348 g/mol. The summed E-state index contributed by atoms with van der Waals surface area (Å²) in [6.07, 6.45) is 6.35. The summed E-state index contributed by atoms with van der Waals surface area (Å²) in [5.74, 6) is 0.579. The Morgan fingerprint density at radius 3 is 2.79 bits per heavy atom. The lowest BCUT2D eigenvalue weighted by Crippen LogP contribution is -2.48. The third kappa shape index (κ3) is 4.45. The second-order valence-corrected chi connectivity index (χ2v) is 8.22. The zero-order valence-corrected chi connectivity index (χ0v) is 15.3. The van der Waals surface area contributed by atoms with Crippen LogP contribution in [-0.2, 0) is 11.2 Å². The first-order valence-corrected chi connectivity index (χ1v) is 10.1. The zero-order valence-electron chi connectivity index (χ0n) is 14.5. The lowest BCUT2D eigenvalue weighted by atomic mass is 9.99. The molecule has 1 aromatic carbocycles. The van der Waals surface area contributed by atoms with E-state index in [0.29, 0.717) is 5.92 Å². The van der Waals surface area contributed by atoms with E-state index in [4.69, 9.17) is 4.74 Å². The second kappa shape index (κ2) is 8.26. The average molecular weight is 349 g/mol. The first-order valence-electron chi connectivity index (χ1n) is 8.90. The van der Waals surface area contributed by atoms with Crippen molar-refractivity contribution in [2.75, 3.05) is 39.1 Å². The number of benzene rings is 1. The van der Waals surface area contributed by atoms with Crippen LogP contribution >= 0.6 is 11.8 Å². The van der Waals surface area contributed by atoms with E-state index in [1.165, 1.54) is 5.56 Å². The topological polar surface area (TPSA) is 41.6 Å². The number of urea groups is 1. The molecule has 2 heterocycles. The Kier molecular flexibility index (Phi) is 6.06. The minimum absolute atomic E-state index is 0.102. The molecular weight excluding hydrogens is 320 g/mol. The molecule has 2 saturated heterocycles. The Morgan fingerprint density at radius 2 is 2.08 bits per heavy atom. The Morgan fingerprint density at radius 1 is 1.33 bits per heavy atom. The molecule has 0 spiro atoms. The third-order valence-corrected chi connectivity index (χ3v) is 6.76. The molecule has 2 fully saturated rings. The molecule has 132 valence electrons. The van der Waals surface area contributed by atoms with Crippen molar-refractivity contribution >= 4 is 17.8 Å². The van der Waals surface area contributed by atoms with Gasteiger partial charge in [-0.05, 0) is 43.4 Å². The predicted molar refractivity (Wildman–Crippen MR) is 99.5 cm³/mol. The van der Waals surface area contributed by atoms with Gasteiger partial charge in [0.1, 0.15) is 0 Å². The summed E-state index contributed by atoms with van der Waals surface area (Å²) in [5, 5.41) is 3.18. The average Bonchev–Trinajstić information content (AvgIpc) is 3.10. The molecule has 0 aromatic heterocycles. The van der Waals surface area contributed by atoms with Crippen LogP contribution in [0.1, 0.15) is 24.8 Å². The molecule has 24 heavy (non-hydrogen) atoms. The fourth-order valence-corrected chi connectivity index (χ4v) is 4.47. The maximum absolute atomic E-state index is 12.5. The fourth-order valence-electron chi connectivity index (χ4n) is 3.68. The highest BCUT2D eigenvalue weighted by molar-refractivity contribution is 8.00. The molecule has 2 aliphatic heterocycles. The lowest BCUT2D eigenvalue weighted by Gasteiger charge is -2.36. The zero-order chi connectivity index (χ0) is 16.8. The lowest BCUT2D eigenvalue weighted by molar-refractivity contribution is 0.0773. The van der Waals surface area contributed by atoms with Crippen molar-refractivity contribution in [3.8, 4) is 0 Å². The summed E-state index contributed by atoms with van der Waals surface area (Å²) in [5.41, 5.74) is 1.37. The second-order valence-electron chi connectivity index (χ2n) is 6.95. The molecule has 0 aliphatic carbocycles. The van der Waals surface area contributed by atoms with E-state index in [1.807, 2.05) is 16.7 Å². The molecule has 0 radical (unpaired) electrons. The fraction of sp³-hybridized carbons (Fsp3) is 0.632. The SMILES string of the molecule is CSC1(CNC(=O)N2CC[C@H](Cc3ccccc3)C2)CCOCC1. The smallest absolute Gasteiger partial charge is 0.317 e.